The summed E-state index contributed by atoms with van der Waals surface area (Å²) in [6.45, 7) is 4.46. The lowest BCUT2D eigenvalue weighted by Crippen LogP contribution is -2.06. The van der Waals surface area contributed by atoms with Gasteiger partial charge in [0.15, 0.2) is 0 Å². The number of nitro benzene ring substituents is 1. The molecule has 146 valence electrons. The van der Waals surface area contributed by atoms with Gasteiger partial charge in [-0.05, 0) is 37.1 Å². The van der Waals surface area contributed by atoms with E-state index < -0.39 is 4.92 Å². The van der Waals surface area contributed by atoms with Crippen LogP contribution in [0.15, 0.2) is 42.5 Å². The number of nitro groups is 1. The van der Waals surface area contributed by atoms with Crippen molar-refractivity contribution in [3.05, 3.63) is 75.1 Å². The Balaban J connectivity index is 2.00. The zero-order chi connectivity index (χ0) is 20.3. The van der Waals surface area contributed by atoms with Crippen LogP contribution in [-0.2, 0) is 13.0 Å². The summed E-state index contributed by atoms with van der Waals surface area (Å²) < 4.78 is 7.29. The van der Waals surface area contributed by atoms with Crippen molar-refractivity contribution >= 4 is 5.69 Å². The van der Waals surface area contributed by atoms with E-state index in [1.54, 1.807) is 19.2 Å². The standard InChI is InChI=1S/C21H23N3O4/c1-14-19(15(2)23(22-14)9-10-25)11-16-7-8-21(28-3)20(12-16)17-5-4-6-18(13-17)24(26)27/h4-8,12-13,25H,9-11H2,1-3H3. The van der Waals surface area contributed by atoms with Crippen LogP contribution in [0.5, 0.6) is 5.75 Å². The van der Waals surface area contributed by atoms with E-state index in [0.717, 1.165) is 33.6 Å². The van der Waals surface area contributed by atoms with Crippen molar-refractivity contribution in [1.29, 1.82) is 0 Å². The highest BCUT2D eigenvalue weighted by Gasteiger charge is 2.15. The predicted octanol–water partition coefficient (Wildman–Crippen LogP) is 3.67. The maximum Gasteiger partial charge on any atom is 0.270 e. The minimum Gasteiger partial charge on any atom is -0.496 e. The molecule has 0 saturated heterocycles. The zero-order valence-corrected chi connectivity index (χ0v) is 16.2. The SMILES string of the molecule is COc1ccc(Cc2c(C)nn(CCO)c2C)cc1-c1cccc([N+](=O)[O-])c1. The van der Waals surface area contributed by atoms with Crippen LogP contribution in [0, 0.1) is 24.0 Å². The molecule has 0 spiro atoms. The molecule has 0 saturated carbocycles. The second-order valence-electron chi connectivity index (χ2n) is 6.61. The first-order valence-corrected chi connectivity index (χ1v) is 9.00. The summed E-state index contributed by atoms with van der Waals surface area (Å²) in [6.07, 6.45) is 0.676. The summed E-state index contributed by atoms with van der Waals surface area (Å²) >= 11 is 0. The van der Waals surface area contributed by atoms with Crippen molar-refractivity contribution in [2.75, 3.05) is 13.7 Å². The molecule has 28 heavy (non-hydrogen) atoms. The number of benzene rings is 2. The van der Waals surface area contributed by atoms with Gasteiger partial charge in [0.2, 0.25) is 0 Å². The van der Waals surface area contributed by atoms with Gasteiger partial charge in [0.1, 0.15) is 5.75 Å². The molecule has 7 heteroatoms. The fourth-order valence-electron chi connectivity index (χ4n) is 3.38. The minimum atomic E-state index is -0.401. The number of hydrogen-bond acceptors (Lipinski definition) is 5. The Bertz CT molecular complexity index is 1010. The van der Waals surface area contributed by atoms with E-state index in [1.165, 1.54) is 6.07 Å². The highest BCUT2D eigenvalue weighted by molar-refractivity contribution is 5.73. The molecule has 0 bridgehead atoms. The van der Waals surface area contributed by atoms with E-state index in [4.69, 9.17) is 4.74 Å². The van der Waals surface area contributed by atoms with E-state index in [9.17, 15) is 15.2 Å². The van der Waals surface area contributed by atoms with Gasteiger partial charge in [-0.25, -0.2) is 0 Å². The Morgan fingerprint density at radius 2 is 2.00 bits per heavy atom. The van der Waals surface area contributed by atoms with E-state index in [-0.39, 0.29) is 12.3 Å². The maximum atomic E-state index is 11.1. The van der Waals surface area contributed by atoms with Gasteiger partial charge in [-0.2, -0.15) is 5.10 Å². The molecule has 0 amide bonds. The Morgan fingerprint density at radius 3 is 2.68 bits per heavy atom. The van der Waals surface area contributed by atoms with Crippen LogP contribution < -0.4 is 4.74 Å². The first-order chi connectivity index (χ1) is 13.4. The summed E-state index contributed by atoms with van der Waals surface area (Å²) in [5, 5.41) is 24.8. The predicted molar refractivity (Wildman–Crippen MR) is 107 cm³/mol. The second kappa shape index (κ2) is 8.22. The largest absolute Gasteiger partial charge is 0.496 e. The normalized spacial score (nSPS) is 10.9. The van der Waals surface area contributed by atoms with Crippen molar-refractivity contribution in [1.82, 2.24) is 9.78 Å². The summed E-state index contributed by atoms with van der Waals surface area (Å²) in [5.41, 5.74) is 5.71. The number of aryl methyl sites for hydroxylation is 1. The Hall–Kier alpha value is -3.19. The Kier molecular flexibility index (Phi) is 5.75. The van der Waals surface area contributed by atoms with Crippen molar-refractivity contribution in [2.45, 2.75) is 26.8 Å². The molecule has 0 fully saturated rings. The molecule has 3 rings (SSSR count). The number of hydrogen-bond donors (Lipinski definition) is 1. The number of aromatic nitrogens is 2. The molecule has 3 aromatic rings. The van der Waals surface area contributed by atoms with Crippen LogP contribution in [-0.4, -0.2) is 33.5 Å². The summed E-state index contributed by atoms with van der Waals surface area (Å²) in [6, 6.07) is 12.4. The minimum absolute atomic E-state index is 0.0425. The molecule has 2 aromatic carbocycles. The number of aliphatic hydroxyl groups excluding tert-OH is 1. The maximum absolute atomic E-state index is 11.1. The van der Waals surface area contributed by atoms with E-state index in [2.05, 4.69) is 5.10 Å². The van der Waals surface area contributed by atoms with Gasteiger partial charge in [-0.15, -0.1) is 0 Å². The molecule has 1 aromatic heterocycles. The van der Waals surface area contributed by atoms with Crippen LogP contribution in [0.3, 0.4) is 0 Å². The van der Waals surface area contributed by atoms with Crippen molar-refractivity contribution in [2.24, 2.45) is 0 Å². The highest BCUT2D eigenvalue weighted by Crippen LogP contribution is 2.33. The molecule has 0 unspecified atom stereocenters. The number of aliphatic hydroxyl groups is 1. The zero-order valence-electron chi connectivity index (χ0n) is 16.2. The smallest absolute Gasteiger partial charge is 0.270 e. The fraction of sp³-hybridized carbons (Fsp3) is 0.286. The lowest BCUT2D eigenvalue weighted by Gasteiger charge is -2.12. The number of ether oxygens (including phenoxy) is 1. The molecular formula is C21H23N3O4. The topological polar surface area (TPSA) is 90.4 Å². The van der Waals surface area contributed by atoms with Crippen molar-refractivity contribution in [3.8, 4) is 16.9 Å². The van der Waals surface area contributed by atoms with E-state index in [1.807, 2.05) is 42.8 Å². The quantitative estimate of drug-likeness (QED) is 0.498. The first-order valence-electron chi connectivity index (χ1n) is 9.00. The monoisotopic (exact) mass is 381 g/mol. The third-order valence-electron chi connectivity index (χ3n) is 4.86. The molecule has 1 heterocycles. The number of rotatable bonds is 7. The van der Waals surface area contributed by atoms with Gasteiger partial charge in [0.25, 0.3) is 5.69 Å². The van der Waals surface area contributed by atoms with Gasteiger partial charge in [-0.3, -0.25) is 14.8 Å². The average molecular weight is 381 g/mol. The van der Waals surface area contributed by atoms with Crippen LogP contribution >= 0.6 is 0 Å². The third-order valence-corrected chi connectivity index (χ3v) is 4.86. The summed E-state index contributed by atoms with van der Waals surface area (Å²) in [4.78, 5) is 10.7. The molecule has 1 N–H and O–H groups in total. The molecule has 0 radical (unpaired) electrons. The van der Waals surface area contributed by atoms with Crippen molar-refractivity contribution in [3.63, 3.8) is 0 Å². The van der Waals surface area contributed by atoms with Crippen LogP contribution in [0.25, 0.3) is 11.1 Å². The first kappa shape index (κ1) is 19.6. The summed E-state index contributed by atoms with van der Waals surface area (Å²) in [5.74, 6) is 0.661. The molecule has 0 atom stereocenters. The van der Waals surface area contributed by atoms with Crippen LogP contribution in [0.2, 0.25) is 0 Å². The van der Waals surface area contributed by atoms with Gasteiger partial charge in [0.05, 0.1) is 30.9 Å². The van der Waals surface area contributed by atoms with Gasteiger partial charge in [0, 0.05) is 35.4 Å². The third kappa shape index (κ3) is 3.89. The number of non-ortho nitro benzene ring substituents is 1. The summed E-state index contributed by atoms with van der Waals surface area (Å²) in [7, 11) is 1.59. The number of nitrogens with zero attached hydrogens (tertiary/aromatic N) is 3. The van der Waals surface area contributed by atoms with Crippen LogP contribution in [0.4, 0.5) is 5.69 Å². The van der Waals surface area contributed by atoms with E-state index in [0.29, 0.717) is 18.7 Å². The lowest BCUT2D eigenvalue weighted by molar-refractivity contribution is -0.384. The Morgan fingerprint density at radius 1 is 1.21 bits per heavy atom. The molecular weight excluding hydrogens is 358 g/mol. The molecule has 0 aliphatic rings. The fourth-order valence-corrected chi connectivity index (χ4v) is 3.38. The number of methoxy groups -OCH3 is 1. The van der Waals surface area contributed by atoms with E-state index >= 15 is 0 Å². The molecule has 7 nitrogen and oxygen atoms in total. The van der Waals surface area contributed by atoms with Crippen LogP contribution in [0.1, 0.15) is 22.5 Å². The second-order valence-corrected chi connectivity index (χ2v) is 6.61. The lowest BCUT2D eigenvalue weighted by atomic mass is 9.97. The molecule has 0 aliphatic carbocycles. The van der Waals surface area contributed by atoms with Gasteiger partial charge in [-0.1, -0.05) is 18.2 Å². The Labute approximate surface area is 163 Å². The highest BCUT2D eigenvalue weighted by atomic mass is 16.6. The van der Waals surface area contributed by atoms with Gasteiger partial charge >= 0.3 is 0 Å². The van der Waals surface area contributed by atoms with Crippen molar-refractivity contribution < 1.29 is 14.8 Å². The molecule has 0 aliphatic heterocycles. The average Bonchev–Trinajstić information content (AvgIpc) is 2.96. The van der Waals surface area contributed by atoms with Gasteiger partial charge < -0.3 is 9.84 Å².